The van der Waals surface area contributed by atoms with Gasteiger partial charge in [0.05, 0.1) is 6.61 Å². The van der Waals surface area contributed by atoms with Crippen molar-refractivity contribution in [3.63, 3.8) is 0 Å². The second kappa shape index (κ2) is 6.21. The van der Waals surface area contributed by atoms with Crippen molar-refractivity contribution in [1.82, 2.24) is 10.3 Å². The summed E-state index contributed by atoms with van der Waals surface area (Å²) >= 11 is 0. The first kappa shape index (κ1) is 14.1. The molecular formula is C14H17N3O3. The van der Waals surface area contributed by atoms with Gasteiger partial charge in [-0.25, -0.2) is 0 Å². The van der Waals surface area contributed by atoms with E-state index in [1.807, 2.05) is 6.92 Å². The van der Waals surface area contributed by atoms with Crippen LogP contribution in [0.2, 0.25) is 0 Å². The number of amides is 1. The quantitative estimate of drug-likeness (QED) is 0.745. The summed E-state index contributed by atoms with van der Waals surface area (Å²) in [5, 5.41) is 3.01. The Labute approximate surface area is 115 Å². The second-order valence-electron chi connectivity index (χ2n) is 4.22. The molecule has 0 atom stereocenters. The molecule has 20 heavy (non-hydrogen) atoms. The van der Waals surface area contributed by atoms with Crippen LogP contribution in [0.15, 0.2) is 29.2 Å². The van der Waals surface area contributed by atoms with E-state index in [2.05, 4.69) is 10.3 Å². The van der Waals surface area contributed by atoms with Gasteiger partial charge < -0.3 is 20.8 Å². The number of aromatic amines is 1. The van der Waals surface area contributed by atoms with Crippen LogP contribution in [0.5, 0.6) is 5.75 Å². The van der Waals surface area contributed by atoms with Crippen LogP contribution >= 0.6 is 0 Å². The van der Waals surface area contributed by atoms with Gasteiger partial charge in [0.15, 0.2) is 0 Å². The molecule has 0 spiro atoms. The number of carbonyl (C=O) groups excluding carboxylic acids is 1. The lowest BCUT2D eigenvalue weighted by molar-refractivity contribution is 0.0953. The highest BCUT2D eigenvalue weighted by Crippen LogP contribution is 2.17. The molecule has 6 nitrogen and oxygen atoms in total. The Balaban J connectivity index is 2.45. The molecule has 106 valence electrons. The van der Waals surface area contributed by atoms with Crippen LogP contribution in [0.4, 0.5) is 0 Å². The van der Waals surface area contributed by atoms with E-state index in [-0.39, 0.29) is 11.0 Å². The third kappa shape index (κ3) is 2.80. The van der Waals surface area contributed by atoms with Crippen molar-refractivity contribution in [1.29, 1.82) is 0 Å². The highest BCUT2D eigenvalue weighted by atomic mass is 16.5. The van der Waals surface area contributed by atoms with E-state index in [0.29, 0.717) is 36.3 Å². The molecule has 0 saturated heterocycles. The number of benzene rings is 1. The van der Waals surface area contributed by atoms with Crippen molar-refractivity contribution in [2.45, 2.75) is 6.92 Å². The molecule has 4 N–H and O–H groups in total. The number of fused-ring (bicyclic) bond motifs is 1. The molecule has 0 aliphatic heterocycles. The fraction of sp³-hybridized carbons (Fsp3) is 0.286. The van der Waals surface area contributed by atoms with E-state index in [1.165, 1.54) is 6.20 Å². The summed E-state index contributed by atoms with van der Waals surface area (Å²) in [5.41, 5.74) is 5.73. The zero-order valence-electron chi connectivity index (χ0n) is 11.2. The van der Waals surface area contributed by atoms with E-state index in [1.54, 1.807) is 18.2 Å². The molecular weight excluding hydrogens is 258 g/mol. The number of aromatic nitrogens is 1. The van der Waals surface area contributed by atoms with Crippen molar-refractivity contribution >= 4 is 16.8 Å². The van der Waals surface area contributed by atoms with Gasteiger partial charge >= 0.3 is 0 Å². The number of ether oxygens (including phenoxy) is 1. The van der Waals surface area contributed by atoms with Crippen LogP contribution in [0.25, 0.3) is 10.9 Å². The minimum atomic E-state index is -0.430. The summed E-state index contributed by atoms with van der Waals surface area (Å²) in [4.78, 5) is 27.1. The van der Waals surface area contributed by atoms with E-state index in [9.17, 15) is 9.59 Å². The van der Waals surface area contributed by atoms with Gasteiger partial charge in [0.1, 0.15) is 11.3 Å². The molecule has 0 unspecified atom stereocenters. The summed E-state index contributed by atoms with van der Waals surface area (Å²) in [6, 6.07) is 5.16. The first-order chi connectivity index (χ1) is 9.67. The highest BCUT2D eigenvalue weighted by Gasteiger charge is 2.12. The largest absolute Gasteiger partial charge is 0.494 e. The van der Waals surface area contributed by atoms with Crippen molar-refractivity contribution < 1.29 is 9.53 Å². The summed E-state index contributed by atoms with van der Waals surface area (Å²) in [5.74, 6) is 0.172. The van der Waals surface area contributed by atoms with E-state index >= 15 is 0 Å². The fourth-order valence-electron chi connectivity index (χ4n) is 1.90. The van der Waals surface area contributed by atoms with Crippen LogP contribution in [0.3, 0.4) is 0 Å². The summed E-state index contributed by atoms with van der Waals surface area (Å²) in [7, 11) is 0. The van der Waals surface area contributed by atoms with Crippen LogP contribution in [0.1, 0.15) is 17.3 Å². The summed E-state index contributed by atoms with van der Waals surface area (Å²) < 4.78 is 5.36. The summed E-state index contributed by atoms with van der Waals surface area (Å²) in [6.07, 6.45) is 1.41. The molecule has 0 fully saturated rings. The minimum Gasteiger partial charge on any atom is -0.494 e. The molecule has 1 heterocycles. The lowest BCUT2D eigenvalue weighted by atomic mass is 10.1. The number of carbonyl (C=O) groups is 1. The smallest absolute Gasteiger partial charge is 0.256 e. The number of nitrogens with one attached hydrogen (secondary N) is 2. The van der Waals surface area contributed by atoms with Gasteiger partial charge in [0, 0.05) is 30.2 Å². The Kier molecular flexibility index (Phi) is 4.37. The van der Waals surface area contributed by atoms with Gasteiger partial charge in [-0.05, 0) is 25.1 Å². The lowest BCUT2D eigenvalue weighted by Gasteiger charge is -2.07. The molecule has 0 aliphatic rings. The molecule has 1 amide bonds. The Bertz CT molecular complexity index is 679. The zero-order chi connectivity index (χ0) is 14.5. The first-order valence-electron chi connectivity index (χ1n) is 6.44. The molecule has 2 aromatic rings. The zero-order valence-corrected chi connectivity index (χ0v) is 11.2. The molecule has 0 aliphatic carbocycles. The average Bonchev–Trinajstić information content (AvgIpc) is 2.46. The molecule has 0 bridgehead atoms. The van der Waals surface area contributed by atoms with Crippen LogP contribution in [-0.2, 0) is 0 Å². The molecule has 2 rings (SSSR count). The van der Waals surface area contributed by atoms with E-state index in [4.69, 9.17) is 10.5 Å². The minimum absolute atomic E-state index is 0.0691. The number of nitrogens with two attached hydrogens (primary N) is 1. The van der Waals surface area contributed by atoms with Crippen LogP contribution in [-0.4, -0.2) is 30.6 Å². The number of hydrogen-bond donors (Lipinski definition) is 3. The van der Waals surface area contributed by atoms with Gasteiger partial charge in [-0.15, -0.1) is 0 Å². The van der Waals surface area contributed by atoms with Crippen LogP contribution in [0, 0.1) is 0 Å². The maximum atomic E-state index is 12.3. The molecule has 0 saturated carbocycles. The third-order valence-corrected chi connectivity index (χ3v) is 2.84. The molecule has 1 aromatic carbocycles. The van der Waals surface area contributed by atoms with Crippen molar-refractivity contribution in [3.05, 3.63) is 40.2 Å². The predicted molar refractivity (Wildman–Crippen MR) is 77.1 cm³/mol. The molecule has 0 radical (unpaired) electrons. The summed E-state index contributed by atoms with van der Waals surface area (Å²) in [6.45, 7) is 3.03. The number of hydrogen-bond acceptors (Lipinski definition) is 4. The van der Waals surface area contributed by atoms with Crippen molar-refractivity contribution in [2.75, 3.05) is 19.7 Å². The molecule has 6 heteroatoms. The van der Waals surface area contributed by atoms with Crippen molar-refractivity contribution in [3.8, 4) is 5.75 Å². The normalized spacial score (nSPS) is 10.5. The number of H-pyrrole nitrogens is 1. The maximum Gasteiger partial charge on any atom is 0.256 e. The van der Waals surface area contributed by atoms with Crippen molar-refractivity contribution in [2.24, 2.45) is 5.73 Å². The van der Waals surface area contributed by atoms with Gasteiger partial charge in [0.25, 0.3) is 5.91 Å². The molecule has 1 aromatic heterocycles. The Morgan fingerprint density at radius 3 is 2.95 bits per heavy atom. The van der Waals surface area contributed by atoms with Gasteiger partial charge in [0.2, 0.25) is 5.43 Å². The topological polar surface area (TPSA) is 97.2 Å². The van der Waals surface area contributed by atoms with E-state index in [0.717, 1.165) is 0 Å². The Hall–Kier alpha value is -2.34. The van der Waals surface area contributed by atoms with Gasteiger partial charge in [-0.1, -0.05) is 0 Å². The number of pyridine rings is 1. The number of rotatable bonds is 5. The fourth-order valence-corrected chi connectivity index (χ4v) is 1.90. The van der Waals surface area contributed by atoms with Gasteiger partial charge in [-0.3, -0.25) is 9.59 Å². The van der Waals surface area contributed by atoms with Gasteiger partial charge in [-0.2, -0.15) is 0 Å². The SMILES string of the molecule is CCOc1ccc2[nH]cc(C(=O)NCCN)c(=O)c2c1. The van der Waals surface area contributed by atoms with Crippen LogP contribution < -0.4 is 21.2 Å². The van der Waals surface area contributed by atoms with E-state index < -0.39 is 5.91 Å². The lowest BCUT2D eigenvalue weighted by Crippen LogP contribution is -2.32. The Morgan fingerprint density at radius 1 is 1.45 bits per heavy atom. The maximum absolute atomic E-state index is 12.3. The first-order valence-corrected chi connectivity index (χ1v) is 6.44. The second-order valence-corrected chi connectivity index (χ2v) is 4.22. The Morgan fingerprint density at radius 2 is 2.25 bits per heavy atom. The third-order valence-electron chi connectivity index (χ3n) is 2.84. The highest BCUT2D eigenvalue weighted by molar-refractivity contribution is 5.97. The average molecular weight is 275 g/mol. The predicted octanol–water partition coefficient (Wildman–Crippen LogP) is 0.615. The standard InChI is InChI=1S/C14H17N3O3/c1-2-20-9-3-4-12-10(7-9)13(18)11(8-17-12)14(19)16-6-5-15/h3-4,7-8H,2,5-6,15H2,1H3,(H,16,19)(H,17,18). The monoisotopic (exact) mass is 275 g/mol.